The number of nitrogens with zero attached hydrogens (tertiary/aromatic N) is 2. The molecule has 4 rings (SSSR count). The summed E-state index contributed by atoms with van der Waals surface area (Å²) < 4.78 is 23.8. The maximum atomic E-state index is 13.8. The van der Waals surface area contributed by atoms with E-state index in [9.17, 15) is 33.7 Å². The highest BCUT2D eigenvalue weighted by Crippen LogP contribution is 2.26. The van der Waals surface area contributed by atoms with Gasteiger partial charge in [-0.05, 0) is 36.4 Å². The fourth-order valence-electron chi connectivity index (χ4n) is 3.24. The first-order valence-electron chi connectivity index (χ1n) is 9.68. The molecule has 1 aliphatic heterocycles. The number of nitro groups is 1. The van der Waals surface area contributed by atoms with Crippen molar-refractivity contribution in [3.05, 3.63) is 93.2 Å². The molecule has 0 bridgehead atoms. The fourth-order valence-corrected chi connectivity index (χ4v) is 3.24. The number of nitrogens with one attached hydrogen (secondary N) is 1. The number of furan rings is 1. The van der Waals surface area contributed by atoms with E-state index in [2.05, 4.69) is 5.32 Å². The van der Waals surface area contributed by atoms with Crippen LogP contribution in [-0.4, -0.2) is 40.1 Å². The summed E-state index contributed by atoms with van der Waals surface area (Å²) in [7, 11) is 0. The Kier molecular flexibility index (Phi) is 5.87. The first-order valence-corrected chi connectivity index (χ1v) is 9.68. The molecule has 172 valence electrons. The lowest BCUT2D eigenvalue weighted by atomic mass is 10.1. The Balaban J connectivity index is 1.40. The van der Waals surface area contributed by atoms with Gasteiger partial charge in [0.15, 0.2) is 6.61 Å². The lowest BCUT2D eigenvalue weighted by molar-refractivity contribution is -0.384. The minimum atomic E-state index is -0.970. The molecule has 0 fully saturated rings. The zero-order valence-corrected chi connectivity index (χ0v) is 17.1. The highest BCUT2D eigenvalue weighted by Gasteiger charge is 2.36. The molecule has 0 saturated carbocycles. The van der Waals surface area contributed by atoms with Crippen molar-refractivity contribution in [3.8, 4) is 0 Å². The number of hydrogen-bond donors (Lipinski definition) is 1. The van der Waals surface area contributed by atoms with Gasteiger partial charge in [-0.2, -0.15) is 0 Å². The van der Waals surface area contributed by atoms with E-state index in [0.29, 0.717) is 5.76 Å². The molecule has 2 heterocycles. The molecule has 3 amide bonds. The Labute approximate surface area is 189 Å². The van der Waals surface area contributed by atoms with Gasteiger partial charge in [0.1, 0.15) is 11.6 Å². The van der Waals surface area contributed by atoms with Gasteiger partial charge in [-0.3, -0.25) is 29.4 Å². The highest BCUT2D eigenvalue weighted by molar-refractivity contribution is 6.21. The number of rotatable bonds is 7. The second-order valence-electron chi connectivity index (χ2n) is 7.08. The number of halogens is 1. The van der Waals surface area contributed by atoms with E-state index in [4.69, 9.17) is 9.15 Å². The molecule has 1 aliphatic rings. The number of nitro benzene ring substituents is 1. The second-order valence-corrected chi connectivity index (χ2v) is 7.08. The Hall–Kier alpha value is -4.87. The van der Waals surface area contributed by atoms with Crippen molar-refractivity contribution in [2.75, 3.05) is 11.9 Å². The summed E-state index contributed by atoms with van der Waals surface area (Å²) in [5.41, 5.74) is -0.879. The van der Waals surface area contributed by atoms with Crippen molar-refractivity contribution in [1.82, 2.24) is 4.90 Å². The van der Waals surface area contributed by atoms with Gasteiger partial charge in [0.25, 0.3) is 23.4 Å². The lowest BCUT2D eigenvalue weighted by Crippen LogP contribution is -2.28. The molecule has 2 aromatic carbocycles. The van der Waals surface area contributed by atoms with Gasteiger partial charge in [0.05, 0.1) is 40.1 Å². The number of fused-ring (bicyclic) bond motifs is 1. The lowest BCUT2D eigenvalue weighted by Gasteiger charge is -2.11. The topological polar surface area (TPSA) is 149 Å². The summed E-state index contributed by atoms with van der Waals surface area (Å²) in [4.78, 5) is 60.5. The number of carbonyl (C=O) groups is 4. The molecule has 0 spiro atoms. The first-order chi connectivity index (χ1) is 16.2. The van der Waals surface area contributed by atoms with E-state index in [1.807, 2.05) is 0 Å². The average molecular weight is 467 g/mol. The summed E-state index contributed by atoms with van der Waals surface area (Å²) in [5.74, 6) is -3.59. The van der Waals surface area contributed by atoms with Gasteiger partial charge in [-0.15, -0.1) is 0 Å². The summed E-state index contributed by atoms with van der Waals surface area (Å²) in [6.45, 7) is -0.900. The van der Waals surface area contributed by atoms with E-state index in [1.165, 1.54) is 24.5 Å². The van der Waals surface area contributed by atoms with Crippen molar-refractivity contribution in [3.63, 3.8) is 0 Å². The molecular weight excluding hydrogens is 453 g/mol. The van der Waals surface area contributed by atoms with Crippen molar-refractivity contribution < 1.29 is 37.6 Å². The molecule has 12 heteroatoms. The summed E-state index contributed by atoms with van der Waals surface area (Å²) in [6, 6.07) is 9.54. The van der Waals surface area contributed by atoms with Crippen LogP contribution in [0, 0.1) is 15.9 Å². The van der Waals surface area contributed by atoms with Gasteiger partial charge in [0.2, 0.25) is 0 Å². The van der Waals surface area contributed by atoms with Crippen molar-refractivity contribution in [2.24, 2.45) is 0 Å². The fraction of sp³-hybridized carbons (Fsp3) is 0.0909. The van der Waals surface area contributed by atoms with Crippen LogP contribution >= 0.6 is 0 Å². The number of benzene rings is 2. The number of hydrogen-bond acceptors (Lipinski definition) is 8. The predicted molar refractivity (Wildman–Crippen MR) is 111 cm³/mol. The summed E-state index contributed by atoms with van der Waals surface area (Å²) in [6.07, 6.45) is 1.41. The van der Waals surface area contributed by atoms with Crippen LogP contribution < -0.4 is 5.32 Å². The van der Waals surface area contributed by atoms with Crippen LogP contribution in [-0.2, 0) is 16.1 Å². The van der Waals surface area contributed by atoms with E-state index in [0.717, 1.165) is 23.1 Å². The van der Waals surface area contributed by atoms with Crippen LogP contribution in [0.4, 0.5) is 15.8 Å². The molecule has 11 nitrogen and oxygen atoms in total. The van der Waals surface area contributed by atoms with E-state index in [-0.39, 0.29) is 23.2 Å². The first kappa shape index (κ1) is 22.3. The Morgan fingerprint density at radius 2 is 1.85 bits per heavy atom. The van der Waals surface area contributed by atoms with Crippen molar-refractivity contribution in [1.29, 1.82) is 0 Å². The van der Waals surface area contributed by atoms with Crippen molar-refractivity contribution >= 4 is 35.1 Å². The second kappa shape index (κ2) is 8.94. The molecule has 0 radical (unpaired) electrons. The van der Waals surface area contributed by atoms with E-state index in [1.54, 1.807) is 12.1 Å². The molecule has 34 heavy (non-hydrogen) atoms. The molecular formula is C22H14FN3O8. The monoisotopic (exact) mass is 467 g/mol. The quantitative estimate of drug-likeness (QED) is 0.241. The zero-order valence-electron chi connectivity index (χ0n) is 17.1. The van der Waals surface area contributed by atoms with Gasteiger partial charge in [-0.1, -0.05) is 0 Å². The third-order valence-electron chi connectivity index (χ3n) is 4.87. The number of anilines is 1. The zero-order chi connectivity index (χ0) is 24.4. The van der Waals surface area contributed by atoms with Crippen LogP contribution in [0.3, 0.4) is 0 Å². The maximum Gasteiger partial charge on any atom is 0.338 e. The van der Waals surface area contributed by atoms with Crippen LogP contribution in [0.25, 0.3) is 0 Å². The van der Waals surface area contributed by atoms with Gasteiger partial charge >= 0.3 is 5.97 Å². The Morgan fingerprint density at radius 3 is 2.56 bits per heavy atom. The number of esters is 1. The molecule has 3 aromatic rings. The molecule has 0 aliphatic carbocycles. The minimum Gasteiger partial charge on any atom is -0.467 e. The van der Waals surface area contributed by atoms with E-state index >= 15 is 0 Å². The molecule has 1 N–H and O–H groups in total. The van der Waals surface area contributed by atoms with Gasteiger partial charge < -0.3 is 14.5 Å². The Morgan fingerprint density at radius 1 is 1.09 bits per heavy atom. The molecule has 0 saturated heterocycles. The number of imide groups is 1. The molecule has 0 unspecified atom stereocenters. The number of ether oxygens (including phenoxy) is 1. The maximum absolute atomic E-state index is 13.8. The van der Waals surface area contributed by atoms with Crippen LogP contribution in [0.2, 0.25) is 0 Å². The van der Waals surface area contributed by atoms with Crippen molar-refractivity contribution in [2.45, 2.75) is 6.54 Å². The van der Waals surface area contributed by atoms with Gasteiger partial charge in [-0.25, -0.2) is 9.18 Å². The highest BCUT2D eigenvalue weighted by atomic mass is 19.1. The molecule has 0 atom stereocenters. The number of amides is 3. The Bertz CT molecular complexity index is 1340. The third-order valence-corrected chi connectivity index (χ3v) is 4.87. The molecule has 1 aromatic heterocycles. The smallest absolute Gasteiger partial charge is 0.338 e. The van der Waals surface area contributed by atoms with E-state index < -0.39 is 52.4 Å². The number of carbonyl (C=O) groups excluding carboxylic acids is 4. The van der Waals surface area contributed by atoms with Crippen LogP contribution in [0.15, 0.2) is 59.2 Å². The summed E-state index contributed by atoms with van der Waals surface area (Å²) in [5, 5.41) is 12.9. The SMILES string of the molecule is O=C(COC(=O)c1ccc2c(c1)C(=O)N(Cc1ccco1)C2=O)Nc1cc([N+](=O)[O-])ccc1F. The normalized spacial score (nSPS) is 12.4. The average Bonchev–Trinajstić information content (AvgIpc) is 3.41. The van der Waals surface area contributed by atoms with Crippen LogP contribution in [0.5, 0.6) is 0 Å². The number of non-ortho nitro benzene ring substituents is 1. The van der Waals surface area contributed by atoms with Gasteiger partial charge in [0, 0.05) is 12.1 Å². The largest absolute Gasteiger partial charge is 0.467 e. The standard InChI is InChI=1S/C22H14FN3O8/c23-17-6-4-13(26(31)32)9-18(17)24-19(27)11-34-22(30)12-3-5-15-16(8-12)21(29)25(20(15)28)10-14-2-1-7-33-14/h1-9H,10-11H2,(H,24,27). The predicted octanol–water partition coefficient (Wildman–Crippen LogP) is 2.92. The van der Waals surface area contributed by atoms with Crippen LogP contribution in [0.1, 0.15) is 36.8 Å². The summed E-state index contributed by atoms with van der Waals surface area (Å²) >= 11 is 0. The minimum absolute atomic E-state index is 0.00544. The third kappa shape index (κ3) is 4.37.